The Morgan fingerprint density at radius 2 is 1.37 bits per heavy atom. The molecule has 6 aromatic carbocycles. The van der Waals surface area contributed by atoms with Gasteiger partial charge in [0.1, 0.15) is 0 Å². The average molecular weight is 632 g/mol. The molecule has 0 aliphatic rings. The molecule has 38 heavy (non-hydrogen) atoms. The Morgan fingerprint density at radius 3 is 1.95 bits per heavy atom. The molecule has 0 saturated carbocycles. The first-order valence-electron chi connectivity index (χ1n) is 12.3. The van der Waals surface area contributed by atoms with E-state index in [1.807, 2.05) is 30.3 Å². The van der Waals surface area contributed by atoms with Crippen molar-refractivity contribution in [3.63, 3.8) is 0 Å². The summed E-state index contributed by atoms with van der Waals surface area (Å²) < 4.78 is 0. The van der Waals surface area contributed by atoms with Crippen LogP contribution >= 0.6 is 17.0 Å². The van der Waals surface area contributed by atoms with E-state index in [4.69, 9.17) is 17.0 Å². The molecule has 0 aliphatic carbocycles. The molecule has 2 radical (unpaired) electrons. The van der Waals surface area contributed by atoms with Crippen LogP contribution in [0.4, 0.5) is 0 Å². The molecule has 0 spiro atoms. The SMILES string of the molecule is C[Si]C.Cc1ccc(-c2cccc3[cH-]c(C)cc23)cc1.[Cl][Zr][Cl].[c-]1ccccc1.c1ccc2[cH-]ccc2c1. The first-order valence-corrected chi connectivity index (χ1v) is 20.7. The van der Waals surface area contributed by atoms with Crippen molar-refractivity contribution in [2.45, 2.75) is 26.9 Å². The minimum Gasteiger partial charge on any atom is -0.184 e. The van der Waals surface area contributed by atoms with E-state index >= 15 is 0 Å². The second-order valence-corrected chi connectivity index (χ2v) is 13.2. The molecule has 0 aromatic heterocycles. The summed E-state index contributed by atoms with van der Waals surface area (Å²) in [4.78, 5) is 0. The molecule has 6 aromatic rings. The van der Waals surface area contributed by atoms with Crippen LogP contribution in [0.5, 0.6) is 0 Å². The van der Waals surface area contributed by atoms with E-state index in [2.05, 4.69) is 130 Å². The van der Waals surface area contributed by atoms with Gasteiger partial charge in [-0.3, -0.25) is 0 Å². The van der Waals surface area contributed by atoms with Gasteiger partial charge in [0.2, 0.25) is 0 Å². The number of aryl methyl sites for hydroxylation is 2. The minimum absolute atomic E-state index is 0.826. The molecule has 4 heteroatoms. The topological polar surface area (TPSA) is 0 Å². The molecule has 0 fully saturated rings. The Kier molecular flexibility index (Phi) is 15.9. The number of hydrogen-bond acceptors (Lipinski definition) is 0. The summed E-state index contributed by atoms with van der Waals surface area (Å²) in [5, 5.41) is 5.35. The molecule has 0 aliphatic heterocycles. The fourth-order valence-corrected chi connectivity index (χ4v) is 3.78. The van der Waals surface area contributed by atoms with Gasteiger partial charge in [-0.25, -0.2) is 0 Å². The third-order valence-electron chi connectivity index (χ3n) is 5.41. The van der Waals surface area contributed by atoms with E-state index in [1.54, 1.807) is 0 Å². The molecular weight excluding hydrogens is 599 g/mol. The molecular formula is C34H33Cl2SiZr-3. The van der Waals surface area contributed by atoms with Crippen molar-refractivity contribution in [3.8, 4) is 11.1 Å². The molecule has 0 amide bonds. The molecule has 0 heterocycles. The molecule has 0 N–H and O–H groups in total. The number of hydrogen-bond donors (Lipinski definition) is 0. The van der Waals surface area contributed by atoms with Gasteiger partial charge in [-0.2, -0.15) is 60.0 Å². The minimum atomic E-state index is -0.826. The molecule has 0 atom stereocenters. The fourth-order valence-electron chi connectivity index (χ4n) is 3.78. The standard InChI is InChI=1S/C17H15.C9H7.C6H5.C2H6Si.2ClH.Zr/c1-12-6-8-14(9-7-12)16-5-3-4-15-10-13(2)11-17(15)16;1-2-5-9-7-3-6-8(9)4-1;1-2-4-6-5-3-1;1-3-2;;;/h3-11H,1-2H3;1-7H;1-5H;1-2H3;2*1H;/q3*-1;;;;+2/p-2. The van der Waals surface area contributed by atoms with E-state index in [-0.39, 0.29) is 0 Å². The van der Waals surface area contributed by atoms with Crippen LogP contribution in [0.3, 0.4) is 0 Å². The zero-order valence-corrected chi connectivity index (χ0v) is 27.4. The van der Waals surface area contributed by atoms with Crippen LogP contribution in [0.2, 0.25) is 13.1 Å². The van der Waals surface area contributed by atoms with Gasteiger partial charge in [-0.15, -0.1) is 64.2 Å². The van der Waals surface area contributed by atoms with Gasteiger partial charge in [0.15, 0.2) is 0 Å². The number of benzene rings is 4. The quantitative estimate of drug-likeness (QED) is 0.125. The van der Waals surface area contributed by atoms with Crippen molar-refractivity contribution in [3.05, 3.63) is 145 Å². The van der Waals surface area contributed by atoms with Crippen molar-refractivity contribution in [2.75, 3.05) is 0 Å². The first-order chi connectivity index (χ1) is 18.5. The maximum absolute atomic E-state index is 4.93. The largest absolute Gasteiger partial charge is 0.184 e. The zero-order valence-electron chi connectivity index (χ0n) is 22.4. The fraction of sp³-hybridized carbons (Fsp3) is 0.118. The van der Waals surface area contributed by atoms with Crippen LogP contribution in [0.15, 0.2) is 127 Å². The summed E-state index contributed by atoms with van der Waals surface area (Å²) >= 11 is -0.826. The normalized spacial score (nSPS) is 9.42. The van der Waals surface area contributed by atoms with Crippen molar-refractivity contribution < 1.29 is 20.8 Å². The molecule has 0 saturated heterocycles. The van der Waals surface area contributed by atoms with Gasteiger partial charge in [0.05, 0.1) is 0 Å². The van der Waals surface area contributed by atoms with Crippen LogP contribution < -0.4 is 0 Å². The molecule has 0 bridgehead atoms. The van der Waals surface area contributed by atoms with Crippen molar-refractivity contribution in [2.24, 2.45) is 0 Å². The molecule has 0 nitrogen and oxygen atoms in total. The van der Waals surface area contributed by atoms with E-state index < -0.39 is 20.8 Å². The molecule has 6 rings (SSSR count). The Labute approximate surface area is 249 Å². The summed E-state index contributed by atoms with van der Waals surface area (Å²) in [7, 11) is 11.0. The van der Waals surface area contributed by atoms with Crippen molar-refractivity contribution in [1.29, 1.82) is 0 Å². The number of fused-ring (bicyclic) bond motifs is 2. The Morgan fingerprint density at radius 1 is 0.737 bits per heavy atom. The van der Waals surface area contributed by atoms with Crippen LogP contribution in [0.25, 0.3) is 32.7 Å². The average Bonchev–Trinajstić information content (AvgIpc) is 3.57. The van der Waals surface area contributed by atoms with Gasteiger partial charge in [0, 0.05) is 9.52 Å². The first kappa shape index (κ1) is 32.0. The zero-order chi connectivity index (χ0) is 27.6. The van der Waals surface area contributed by atoms with E-state index in [0.717, 1.165) is 9.52 Å². The molecule has 0 unspecified atom stereocenters. The summed E-state index contributed by atoms with van der Waals surface area (Å²) in [5.41, 5.74) is 5.27. The van der Waals surface area contributed by atoms with Gasteiger partial charge >= 0.3 is 37.9 Å². The Balaban J connectivity index is 0.000000202. The van der Waals surface area contributed by atoms with Crippen LogP contribution in [0.1, 0.15) is 11.1 Å². The maximum Gasteiger partial charge on any atom is -0.0809 e. The summed E-state index contributed by atoms with van der Waals surface area (Å²) in [6.07, 6.45) is 0. The van der Waals surface area contributed by atoms with Gasteiger partial charge in [-0.05, 0) is 12.5 Å². The van der Waals surface area contributed by atoms with E-state index in [1.165, 1.54) is 43.8 Å². The third-order valence-corrected chi connectivity index (χ3v) is 5.41. The van der Waals surface area contributed by atoms with Crippen molar-refractivity contribution >= 4 is 48.1 Å². The molecule has 194 valence electrons. The predicted octanol–water partition coefficient (Wildman–Crippen LogP) is 11.1. The van der Waals surface area contributed by atoms with Gasteiger partial charge in [-0.1, -0.05) is 67.5 Å². The monoisotopic (exact) mass is 629 g/mol. The number of halogens is 2. The van der Waals surface area contributed by atoms with Crippen LogP contribution in [-0.4, -0.2) is 9.52 Å². The summed E-state index contributed by atoms with van der Waals surface area (Å²) in [6.45, 7) is 8.58. The summed E-state index contributed by atoms with van der Waals surface area (Å²) in [6, 6.07) is 46.9. The van der Waals surface area contributed by atoms with Crippen molar-refractivity contribution in [1.82, 2.24) is 0 Å². The van der Waals surface area contributed by atoms with Crippen LogP contribution in [0, 0.1) is 19.9 Å². The van der Waals surface area contributed by atoms with Gasteiger partial charge < -0.3 is 0 Å². The van der Waals surface area contributed by atoms with Gasteiger partial charge in [0.25, 0.3) is 0 Å². The Hall–Kier alpha value is -2.22. The van der Waals surface area contributed by atoms with E-state index in [0.29, 0.717) is 0 Å². The maximum atomic E-state index is 4.93. The van der Waals surface area contributed by atoms with Crippen LogP contribution in [-0.2, 0) is 20.8 Å². The second kappa shape index (κ2) is 18.9. The third kappa shape index (κ3) is 11.3. The smallest absolute Gasteiger partial charge is 0.0809 e. The van der Waals surface area contributed by atoms with E-state index in [9.17, 15) is 0 Å². The summed E-state index contributed by atoms with van der Waals surface area (Å²) in [5.74, 6) is 0. The number of rotatable bonds is 1. The second-order valence-electron chi connectivity index (χ2n) is 8.51. The Bertz CT molecular complexity index is 1360. The predicted molar refractivity (Wildman–Crippen MR) is 168 cm³/mol.